The summed E-state index contributed by atoms with van der Waals surface area (Å²) < 4.78 is 11.9. The van der Waals surface area contributed by atoms with Gasteiger partial charge >= 0.3 is 5.97 Å². The summed E-state index contributed by atoms with van der Waals surface area (Å²) in [6.45, 7) is 1.22. The monoisotopic (exact) mass is 355 g/mol. The van der Waals surface area contributed by atoms with Crippen LogP contribution in [0.1, 0.15) is 28.4 Å². The number of carboxylic acids is 1. The van der Waals surface area contributed by atoms with Gasteiger partial charge < -0.3 is 19.9 Å². The molecular weight excluding hydrogens is 342 g/mol. The van der Waals surface area contributed by atoms with Crippen molar-refractivity contribution in [1.82, 2.24) is 5.32 Å². The van der Waals surface area contributed by atoms with Gasteiger partial charge in [0.1, 0.15) is 13.2 Å². The highest BCUT2D eigenvalue weighted by molar-refractivity contribution is 9.10. The molecule has 7 heteroatoms. The van der Waals surface area contributed by atoms with Crippen molar-refractivity contribution in [2.24, 2.45) is 5.92 Å². The highest BCUT2D eigenvalue weighted by atomic mass is 79.9. The fraction of sp³-hybridized carbons (Fsp3) is 0.429. The molecule has 2 unspecified atom stereocenters. The van der Waals surface area contributed by atoms with Crippen LogP contribution in [0.5, 0.6) is 11.5 Å². The summed E-state index contributed by atoms with van der Waals surface area (Å²) in [5, 5.41) is 12.3. The Morgan fingerprint density at radius 3 is 2.71 bits per heavy atom. The van der Waals surface area contributed by atoms with Crippen LogP contribution in [0.2, 0.25) is 0 Å². The van der Waals surface area contributed by atoms with Gasteiger partial charge in [0.2, 0.25) is 0 Å². The van der Waals surface area contributed by atoms with Gasteiger partial charge in [0, 0.05) is 22.6 Å². The first-order valence-electron chi connectivity index (χ1n) is 6.65. The Labute approximate surface area is 129 Å². The number of fused-ring (bicyclic) bond motifs is 1. The predicted molar refractivity (Wildman–Crippen MR) is 77.0 cm³/mol. The molecule has 21 heavy (non-hydrogen) atoms. The molecule has 0 amide bonds. The van der Waals surface area contributed by atoms with Gasteiger partial charge in [-0.3, -0.25) is 9.59 Å². The van der Waals surface area contributed by atoms with E-state index in [-0.39, 0.29) is 6.04 Å². The average molecular weight is 356 g/mol. The van der Waals surface area contributed by atoms with E-state index in [0.29, 0.717) is 47.7 Å². The molecule has 3 rings (SSSR count). The lowest BCUT2D eigenvalue weighted by Gasteiger charge is -2.25. The average Bonchev–Trinajstić information content (AvgIpc) is 2.96. The number of benzene rings is 1. The van der Waals surface area contributed by atoms with Crippen molar-refractivity contribution >= 4 is 28.2 Å². The molecule has 0 spiro atoms. The number of ether oxygens (including phenoxy) is 2. The van der Waals surface area contributed by atoms with E-state index in [0.717, 1.165) is 11.8 Å². The molecular formula is C14H14BrNO5. The van der Waals surface area contributed by atoms with E-state index in [1.165, 1.54) is 0 Å². The van der Waals surface area contributed by atoms with E-state index < -0.39 is 11.9 Å². The van der Waals surface area contributed by atoms with E-state index in [4.69, 9.17) is 14.6 Å². The predicted octanol–water partition coefficient (Wildman–Crippen LogP) is 1.77. The Hall–Kier alpha value is -1.60. The van der Waals surface area contributed by atoms with Crippen molar-refractivity contribution in [3.8, 4) is 11.5 Å². The summed E-state index contributed by atoms with van der Waals surface area (Å²) in [6, 6.07) is 1.68. The minimum absolute atomic E-state index is 0.126. The molecule has 2 aliphatic heterocycles. The maximum atomic E-state index is 11.2. The Morgan fingerprint density at radius 2 is 2.10 bits per heavy atom. The molecule has 2 heterocycles. The maximum Gasteiger partial charge on any atom is 0.307 e. The van der Waals surface area contributed by atoms with Gasteiger partial charge in [-0.2, -0.15) is 0 Å². The third kappa shape index (κ3) is 2.51. The van der Waals surface area contributed by atoms with Crippen molar-refractivity contribution in [3.63, 3.8) is 0 Å². The summed E-state index contributed by atoms with van der Waals surface area (Å²) in [6.07, 6.45) is 1.21. The summed E-state index contributed by atoms with van der Waals surface area (Å²) in [4.78, 5) is 22.3. The quantitative estimate of drug-likeness (QED) is 0.803. The van der Waals surface area contributed by atoms with Crippen molar-refractivity contribution in [1.29, 1.82) is 0 Å². The van der Waals surface area contributed by atoms with Gasteiger partial charge in [-0.15, -0.1) is 0 Å². The highest BCUT2D eigenvalue weighted by Gasteiger charge is 2.34. The molecule has 0 aliphatic carbocycles. The second-order valence-corrected chi connectivity index (χ2v) is 5.92. The summed E-state index contributed by atoms with van der Waals surface area (Å²) in [5.41, 5.74) is 1.24. The number of hydrogen-bond donors (Lipinski definition) is 2. The summed E-state index contributed by atoms with van der Waals surface area (Å²) >= 11 is 3.37. The van der Waals surface area contributed by atoms with E-state index in [1.54, 1.807) is 6.07 Å². The number of carboxylic acid groups (broad SMARTS) is 1. The molecule has 6 nitrogen and oxygen atoms in total. The number of aldehydes is 1. The molecule has 1 aromatic rings. The smallest absolute Gasteiger partial charge is 0.307 e. The van der Waals surface area contributed by atoms with Gasteiger partial charge in [-0.1, -0.05) is 0 Å². The Morgan fingerprint density at radius 1 is 1.38 bits per heavy atom. The zero-order chi connectivity index (χ0) is 15.0. The van der Waals surface area contributed by atoms with Crippen LogP contribution in [0, 0.1) is 5.92 Å². The molecule has 1 saturated heterocycles. The highest BCUT2D eigenvalue weighted by Crippen LogP contribution is 2.45. The molecule has 2 aliphatic rings. The fourth-order valence-electron chi connectivity index (χ4n) is 2.75. The molecule has 2 N–H and O–H groups in total. The van der Waals surface area contributed by atoms with Crippen LogP contribution < -0.4 is 14.8 Å². The van der Waals surface area contributed by atoms with Gasteiger partial charge in [-0.25, -0.2) is 0 Å². The third-order valence-corrected chi connectivity index (χ3v) is 4.46. The minimum Gasteiger partial charge on any atom is -0.486 e. The number of carbonyl (C=O) groups excluding carboxylic acids is 1. The molecule has 0 aromatic heterocycles. The lowest BCUT2D eigenvalue weighted by Crippen LogP contribution is -2.21. The van der Waals surface area contributed by atoms with Gasteiger partial charge in [0.25, 0.3) is 0 Å². The molecule has 0 saturated carbocycles. The minimum atomic E-state index is -0.806. The van der Waals surface area contributed by atoms with E-state index in [2.05, 4.69) is 21.2 Å². The zero-order valence-electron chi connectivity index (χ0n) is 11.1. The maximum absolute atomic E-state index is 11.2. The van der Waals surface area contributed by atoms with Crippen LogP contribution in [0.4, 0.5) is 0 Å². The van der Waals surface area contributed by atoms with Crippen molar-refractivity contribution in [3.05, 3.63) is 21.7 Å². The van der Waals surface area contributed by atoms with Crippen LogP contribution in [0.15, 0.2) is 10.5 Å². The molecule has 0 radical (unpaired) electrons. The molecule has 1 aromatic carbocycles. The SMILES string of the molecule is O=Cc1c(Br)cc(C2CC(C(=O)O)CN2)c2c1OCCO2. The zero-order valence-corrected chi connectivity index (χ0v) is 12.7. The largest absolute Gasteiger partial charge is 0.486 e. The number of nitrogens with one attached hydrogen (secondary N) is 1. The molecule has 1 fully saturated rings. The van der Waals surface area contributed by atoms with Gasteiger partial charge in [0.15, 0.2) is 17.8 Å². The normalized spacial score (nSPS) is 23.9. The fourth-order valence-corrected chi connectivity index (χ4v) is 3.27. The van der Waals surface area contributed by atoms with E-state index in [1.807, 2.05) is 0 Å². The number of aliphatic carboxylic acids is 1. The first kappa shape index (κ1) is 14.3. The van der Waals surface area contributed by atoms with Crippen LogP contribution in [-0.2, 0) is 4.79 Å². The number of hydrogen-bond acceptors (Lipinski definition) is 5. The first-order chi connectivity index (χ1) is 10.1. The molecule has 2 atom stereocenters. The molecule has 0 bridgehead atoms. The van der Waals surface area contributed by atoms with E-state index in [9.17, 15) is 9.59 Å². The summed E-state index contributed by atoms with van der Waals surface area (Å²) in [5.74, 6) is -0.254. The second kappa shape index (κ2) is 5.65. The standard InChI is InChI=1S/C14H14BrNO5/c15-10-4-8(11-3-7(5-16-11)14(18)19)12-13(9(10)6-17)21-2-1-20-12/h4,6-7,11,16H,1-3,5H2,(H,18,19). The van der Waals surface area contributed by atoms with Crippen molar-refractivity contribution in [2.75, 3.05) is 19.8 Å². The lowest BCUT2D eigenvalue weighted by atomic mass is 9.97. The second-order valence-electron chi connectivity index (χ2n) is 5.07. The van der Waals surface area contributed by atoms with Crippen LogP contribution in [0.25, 0.3) is 0 Å². The van der Waals surface area contributed by atoms with Crippen LogP contribution in [-0.4, -0.2) is 37.1 Å². The topological polar surface area (TPSA) is 84.9 Å². The van der Waals surface area contributed by atoms with Crippen molar-refractivity contribution in [2.45, 2.75) is 12.5 Å². The van der Waals surface area contributed by atoms with Gasteiger partial charge in [0.05, 0.1) is 11.5 Å². The lowest BCUT2D eigenvalue weighted by molar-refractivity contribution is -0.141. The van der Waals surface area contributed by atoms with Crippen LogP contribution in [0.3, 0.4) is 0 Å². The third-order valence-electron chi connectivity index (χ3n) is 3.80. The summed E-state index contributed by atoms with van der Waals surface area (Å²) in [7, 11) is 0. The Bertz CT molecular complexity index is 604. The number of carbonyl (C=O) groups is 2. The first-order valence-corrected chi connectivity index (χ1v) is 7.44. The van der Waals surface area contributed by atoms with E-state index >= 15 is 0 Å². The Balaban J connectivity index is 2.01. The molecule has 112 valence electrons. The van der Waals surface area contributed by atoms with Crippen LogP contribution >= 0.6 is 15.9 Å². The number of halogens is 1. The Kier molecular flexibility index (Phi) is 3.86. The number of rotatable bonds is 3. The van der Waals surface area contributed by atoms with Crippen molar-refractivity contribution < 1.29 is 24.2 Å². The van der Waals surface area contributed by atoms with Gasteiger partial charge in [-0.05, 0) is 28.4 Å².